The van der Waals surface area contributed by atoms with Crippen LogP contribution in [0.5, 0.6) is 0 Å². The van der Waals surface area contributed by atoms with E-state index in [1.54, 1.807) is 13.3 Å². The number of fused-ring (bicyclic) bond motifs is 1. The molecule has 2 heterocycles. The quantitative estimate of drug-likeness (QED) is 0.372. The van der Waals surface area contributed by atoms with Gasteiger partial charge in [0.15, 0.2) is 0 Å². The summed E-state index contributed by atoms with van der Waals surface area (Å²) in [6, 6.07) is 14.0. The molecule has 10 heteroatoms. The zero-order valence-corrected chi connectivity index (χ0v) is 18.9. The van der Waals surface area contributed by atoms with Gasteiger partial charge in [-0.25, -0.2) is 4.98 Å². The van der Waals surface area contributed by atoms with Crippen molar-refractivity contribution in [1.82, 2.24) is 14.1 Å². The second-order valence-electron chi connectivity index (χ2n) is 7.91. The summed E-state index contributed by atoms with van der Waals surface area (Å²) < 4.78 is 47.9. The third-order valence-corrected chi connectivity index (χ3v) is 5.49. The number of hydrogen-bond donors (Lipinski definition) is 1. The summed E-state index contributed by atoms with van der Waals surface area (Å²) in [5.41, 5.74) is 0.401. The van der Waals surface area contributed by atoms with E-state index >= 15 is 0 Å². The first-order chi connectivity index (χ1) is 16.8. The van der Waals surface area contributed by atoms with E-state index in [1.165, 1.54) is 33.7 Å². The van der Waals surface area contributed by atoms with E-state index < -0.39 is 17.6 Å². The molecule has 0 fully saturated rings. The highest BCUT2D eigenvalue weighted by molar-refractivity contribution is 5.96. The fourth-order valence-electron chi connectivity index (χ4n) is 3.89. The molecule has 0 unspecified atom stereocenters. The normalized spacial score (nSPS) is 11.7. The maximum absolute atomic E-state index is 13.3. The second-order valence-corrected chi connectivity index (χ2v) is 7.91. The minimum absolute atomic E-state index is 0.197. The number of rotatable bonds is 8. The molecule has 4 rings (SSSR count). The largest absolute Gasteiger partial charge is 0.418 e. The Morgan fingerprint density at radius 2 is 1.77 bits per heavy atom. The Kier molecular flexibility index (Phi) is 7.02. The number of ether oxygens (including phenoxy) is 1. The Bertz CT molecular complexity index is 1390. The first kappa shape index (κ1) is 24.2. The summed E-state index contributed by atoms with van der Waals surface area (Å²) in [7, 11) is 1.57. The summed E-state index contributed by atoms with van der Waals surface area (Å²) in [4.78, 5) is 30.6. The molecule has 35 heavy (non-hydrogen) atoms. The zero-order chi connectivity index (χ0) is 25.0. The molecule has 2 aromatic heterocycles. The molecule has 0 aliphatic carbocycles. The number of aromatic nitrogens is 3. The molecule has 0 aliphatic heterocycles. The van der Waals surface area contributed by atoms with Crippen molar-refractivity contribution in [3.05, 3.63) is 83.0 Å². The van der Waals surface area contributed by atoms with Gasteiger partial charge < -0.3 is 14.6 Å². The topological polar surface area (TPSA) is 78.2 Å². The Balaban J connectivity index is 1.73. The van der Waals surface area contributed by atoms with Gasteiger partial charge in [-0.2, -0.15) is 13.2 Å². The van der Waals surface area contributed by atoms with E-state index in [0.29, 0.717) is 30.7 Å². The molecule has 0 saturated heterocycles. The number of anilines is 1. The highest BCUT2D eigenvalue weighted by Crippen LogP contribution is 2.34. The van der Waals surface area contributed by atoms with Crippen LogP contribution in [0.2, 0.25) is 0 Å². The number of carbonyl (C=O) groups is 1. The Hall–Kier alpha value is -3.92. The van der Waals surface area contributed by atoms with E-state index in [2.05, 4.69) is 10.3 Å². The molecular weight excluding hydrogens is 461 g/mol. The van der Waals surface area contributed by atoms with Crippen LogP contribution in [0, 0.1) is 0 Å². The third kappa shape index (κ3) is 5.27. The number of para-hydroxylation sites is 1. The van der Waals surface area contributed by atoms with Crippen LogP contribution >= 0.6 is 0 Å². The zero-order valence-electron chi connectivity index (χ0n) is 18.9. The van der Waals surface area contributed by atoms with E-state index in [1.807, 2.05) is 30.3 Å². The van der Waals surface area contributed by atoms with Crippen molar-refractivity contribution in [2.75, 3.05) is 19.0 Å². The minimum atomic E-state index is -4.62. The first-order valence-electron chi connectivity index (χ1n) is 10.9. The van der Waals surface area contributed by atoms with Gasteiger partial charge in [0.2, 0.25) is 5.91 Å². The smallest absolute Gasteiger partial charge is 0.385 e. The lowest BCUT2D eigenvalue weighted by Gasteiger charge is -2.14. The number of hydrogen-bond acceptors (Lipinski definition) is 4. The summed E-state index contributed by atoms with van der Waals surface area (Å²) in [5.74, 6) is -0.701. The number of nitrogens with one attached hydrogen (secondary N) is 1. The van der Waals surface area contributed by atoms with Gasteiger partial charge in [-0.3, -0.25) is 14.2 Å². The van der Waals surface area contributed by atoms with E-state index in [9.17, 15) is 22.8 Å². The lowest BCUT2D eigenvalue weighted by atomic mass is 10.1. The number of carbonyl (C=O) groups excluding carboxylic acids is 1. The van der Waals surface area contributed by atoms with Crippen LogP contribution in [0.15, 0.2) is 71.9 Å². The number of amides is 1. The third-order valence-electron chi connectivity index (χ3n) is 5.49. The Morgan fingerprint density at radius 3 is 2.49 bits per heavy atom. The summed E-state index contributed by atoms with van der Waals surface area (Å²) in [6.07, 6.45) is -0.950. The standard InChI is InChI=1S/C25H23F3N4O3/c1-35-13-7-12-31-16-29-22-18(17-8-3-2-4-9-17)14-32(23(22)24(31)34)15-21(33)30-20-11-6-5-10-19(20)25(26,27)28/h2-6,8-11,14,16H,7,12-13,15H2,1H3,(H,30,33). The fourth-order valence-corrected chi connectivity index (χ4v) is 3.89. The monoisotopic (exact) mass is 484 g/mol. The second kappa shape index (κ2) is 10.1. The van der Waals surface area contributed by atoms with Gasteiger partial charge in [0, 0.05) is 32.0 Å². The van der Waals surface area contributed by atoms with Gasteiger partial charge in [0.05, 0.1) is 17.6 Å². The predicted molar refractivity (Wildman–Crippen MR) is 126 cm³/mol. The molecule has 0 bridgehead atoms. The van der Waals surface area contributed by atoms with Gasteiger partial charge in [0.1, 0.15) is 17.6 Å². The molecule has 2 aromatic carbocycles. The highest BCUT2D eigenvalue weighted by Gasteiger charge is 2.33. The van der Waals surface area contributed by atoms with E-state index in [0.717, 1.165) is 11.6 Å². The SMILES string of the molecule is COCCCn1cnc2c(-c3ccccc3)cn(CC(=O)Nc3ccccc3C(F)(F)F)c2c1=O. The minimum Gasteiger partial charge on any atom is -0.385 e. The molecule has 0 saturated carbocycles. The number of methoxy groups -OCH3 is 1. The summed E-state index contributed by atoms with van der Waals surface area (Å²) >= 11 is 0. The number of halogens is 3. The van der Waals surface area contributed by atoms with Crippen LogP contribution in [-0.4, -0.2) is 33.7 Å². The summed E-state index contributed by atoms with van der Waals surface area (Å²) in [5, 5.41) is 2.33. The van der Waals surface area contributed by atoms with Crippen LogP contribution < -0.4 is 10.9 Å². The predicted octanol–water partition coefficient (Wildman–Crippen LogP) is 4.56. The maximum Gasteiger partial charge on any atom is 0.418 e. The molecule has 4 aromatic rings. The van der Waals surface area contributed by atoms with Crippen LogP contribution in [0.25, 0.3) is 22.2 Å². The van der Waals surface area contributed by atoms with Crippen molar-refractivity contribution in [2.45, 2.75) is 25.7 Å². The van der Waals surface area contributed by atoms with Crippen molar-refractivity contribution in [3.8, 4) is 11.1 Å². The molecule has 1 amide bonds. The van der Waals surface area contributed by atoms with Crippen molar-refractivity contribution in [3.63, 3.8) is 0 Å². The molecule has 7 nitrogen and oxygen atoms in total. The first-order valence-corrected chi connectivity index (χ1v) is 10.9. The van der Waals surface area contributed by atoms with Gasteiger partial charge >= 0.3 is 6.18 Å². The van der Waals surface area contributed by atoms with Crippen molar-refractivity contribution >= 4 is 22.6 Å². The van der Waals surface area contributed by atoms with Gasteiger partial charge in [-0.15, -0.1) is 0 Å². The molecule has 0 aliphatic rings. The molecular formula is C25H23F3N4O3. The molecule has 0 atom stereocenters. The number of benzene rings is 2. The van der Waals surface area contributed by atoms with E-state index in [-0.39, 0.29) is 23.3 Å². The average molecular weight is 484 g/mol. The van der Waals surface area contributed by atoms with E-state index in [4.69, 9.17) is 4.74 Å². The lowest BCUT2D eigenvalue weighted by molar-refractivity contribution is -0.137. The molecule has 0 spiro atoms. The van der Waals surface area contributed by atoms with Gasteiger partial charge in [-0.1, -0.05) is 42.5 Å². The van der Waals surface area contributed by atoms with Gasteiger partial charge in [-0.05, 0) is 24.1 Å². The van der Waals surface area contributed by atoms with Crippen molar-refractivity contribution < 1.29 is 22.7 Å². The lowest BCUT2D eigenvalue weighted by Crippen LogP contribution is -2.26. The van der Waals surface area contributed by atoms with Crippen LogP contribution in [0.4, 0.5) is 18.9 Å². The number of alkyl halides is 3. The van der Waals surface area contributed by atoms with Crippen LogP contribution in [0.3, 0.4) is 0 Å². The fraction of sp³-hybridized carbons (Fsp3) is 0.240. The van der Waals surface area contributed by atoms with Crippen molar-refractivity contribution in [2.24, 2.45) is 0 Å². The maximum atomic E-state index is 13.3. The molecule has 182 valence electrons. The summed E-state index contributed by atoms with van der Waals surface area (Å²) in [6.45, 7) is 0.461. The number of nitrogens with zero attached hydrogens (tertiary/aromatic N) is 3. The molecule has 1 N–H and O–H groups in total. The Labute approximate surface area is 198 Å². The number of aryl methyl sites for hydroxylation is 1. The van der Waals surface area contributed by atoms with Crippen LogP contribution in [-0.2, 0) is 28.8 Å². The molecule has 0 radical (unpaired) electrons. The van der Waals surface area contributed by atoms with Gasteiger partial charge in [0.25, 0.3) is 5.56 Å². The Morgan fingerprint density at radius 1 is 1.06 bits per heavy atom. The highest BCUT2D eigenvalue weighted by atomic mass is 19.4. The van der Waals surface area contributed by atoms with Crippen LogP contribution in [0.1, 0.15) is 12.0 Å². The average Bonchev–Trinajstić information content (AvgIpc) is 3.19. The van der Waals surface area contributed by atoms with Crippen molar-refractivity contribution in [1.29, 1.82) is 0 Å².